The summed E-state index contributed by atoms with van der Waals surface area (Å²) in [6.07, 6.45) is 2.82. The Hall–Kier alpha value is -1.85. The first-order chi connectivity index (χ1) is 11.0. The molecule has 1 heterocycles. The van der Waals surface area contributed by atoms with Gasteiger partial charge in [0.15, 0.2) is 0 Å². The van der Waals surface area contributed by atoms with E-state index in [2.05, 4.69) is 0 Å². The minimum Gasteiger partial charge on any atom is -0.463 e. The zero-order valence-electron chi connectivity index (χ0n) is 12.3. The van der Waals surface area contributed by atoms with E-state index in [1.165, 1.54) is 12.1 Å². The van der Waals surface area contributed by atoms with Crippen LogP contribution in [0.2, 0.25) is 10.0 Å². The van der Waals surface area contributed by atoms with E-state index in [4.69, 9.17) is 27.9 Å². The van der Waals surface area contributed by atoms with Gasteiger partial charge in [0.05, 0.1) is 39.4 Å². The highest BCUT2D eigenvalue weighted by Gasteiger charge is 2.44. The predicted octanol–water partition coefficient (Wildman–Crippen LogP) is 3.24. The van der Waals surface area contributed by atoms with E-state index in [9.17, 15) is 14.4 Å². The Morgan fingerprint density at radius 2 is 1.78 bits per heavy atom. The third-order valence-electron chi connectivity index (χ3n) is 3.95. The number of ether oxygens (including phenoxy) is 1. The molecule has 2 amide bonds. The van der Waals surface area contributed by atoms with Crippen LogP contribution < -0.4 is 0 Å². The lowest BCUT2D eigenvalue weighted by Gasteiger charge is -2.23. The van der Waals surface area contributed by atoms with Crippen molar-refractivity contribution >= 4 is 41.0 Å². The van der Waals surface area contributed by atoms with Crippen LogP contribution in [0.4, 0.5) is 0 Å². The second kappa shape index (κ2) is 5.98. The van der Waals surface area contributed by atoms with E-state index >= 15 is 0 Å². The van der Waals surface area contributed by atoms with Gasteiger partial charge in [-0.15, -0.1) is 0 Å². The number of allylic oxidation sites excluding steroid dienone is 1. The summed E-state index contributed by atoms with van der Waals surface area (Å²) in [6, 6.07) is 2.17. The van der Waals surface area contributed by atoms with Crippen LogP contribution in [-0.4, -0.2) is 35.3 Å². The molecule has 0 spiro atoms. The molecule has 1 aliphatic carbocycles. The molecule has 0 saturated carbocycles. The van der Waals surface area contributed by atoms with Gasteiger partial charge in [0.1, 0.15) is 0 Å². The third kappa shape index (κ3) is 2.54. The van der Waals surface area contributed by atoms with Gasteiger partial charge in [-0.1, -0.05) is 29.3 Å². The number of hydrogen-bond donors (Lipinski definition) is 0. The average Bonchev–Trinajstić information content (AvgIpc) is 3.06. The molecule has 0 N–H and O–H groups in total. The summed E-state index contributed by atoms with van der Waals surface area (Å²) < 4.78 is 5.00. The minimum absolute atomic E-state index is 0.208. The first-order valence-electron chi connectivity index (χ1n) is 7.19. The van der Waals surface area contributed by atoms with Gasteiger partial charge < -0.3 is 4.74 Å². The highest BCUT2D eigenvalue weighted by Crippen LogP contribution is 2.36. The Kier molecular flexibility index (Phi) is 4.17. The standard InChI is InChI=1S/C16H13Cl2NO4/c1-2-23-16(22)8-4-3-5-13(8)19-14(20)9-6-11(17)12(18)7-10(9)15(19)21/h4,6-7,13H,2-3,5H2,1H3. The number of carbonyl (C=O) groups excluding carboxylic acids is 3. The van der Waals surface area contributed by atoms with E-state index < -0.39 is 23.8 Å². The molecule has 0 saturated heterocycles. The van der Waals surface area contributed by atoms with Gasteiger partial charge in [-0.25, -0.2) is 4.79 Å². The van der Waals surface area contributed by atoms with Crippen LogP contribution in [0.25, 0.3) is 0 Å². The Balaban J connectivity index is 1.96. The molecule has 0 fully saturated rings. The number of halogens is 2. The molecule has 120 valence electrons. The van der Waals surface area contributed by atoms with Crippen LogP contribution in [0, 0.1) is 0 Å². The summed E-state index contributed by atoms with van der Waals surface area (Å²) in [5, 5.41) is 0.419. The van der Waals surface area contributed by atoms with E-state index in [0.29, 0.717) is 18.4 Å². The number of rotatable bonds is 3. The fourth-order valence-electron chi connectivity index (χ4n) is 2.93. The van der Waals surface area contributed by atoms with Gasteiger partial charge in [-0.2, -0.15) is 0 Å². The van der Waals surface area contributed by atoms with E-state index in [0.717, 1.165) is 4.90 Å². The van der Waals surface area contributed by atoms with Crippen molar-refractivity contribution < 1.29 is 19.1 Å². The Morgan fingerprint density at radius 3 is 2.30 bits per heavy atom. The van der Waals surface area contributed by atoms with Crippen molar-refractivity contribution in [1.82, 2.24) is 4.90 Å². The molecule has 5 nitrogen and oxygen atoms in total. The van der Waals surface area contributed by atoms with Crippen LogP contribution in [0.3, 0.4) is 0 Å². The summed E-state index contributed by atoms with van der Waals surface area (Å²) in [4.78, 5) is 38.3. The van der Waals surface area contributed by atoms with Gasteiger partial charge in [-0.05, 0) is 31.9 Å². The maximum Gasteiger partial charge on any atom is 0.335 e. The molecule has 1 aromatic rings. The van der Waals surface area contributed by atoms with Crippen LogP contribution in [-0.2, 0) is 9.53 Å². The summed E-state index contributed by atoms with van der Waals surface area (Å²) in [5.41, 5.74) is 0.762. The van der Waals surface area contributed by atoms with Gasteiger partial charge in [-0.3, -0.25) is 14.5 Å². The largest absolute Gasteiger partial charge is 0.463 e. The topological polar surface area (TPSA) is 63.7 Å². The number of fused-ring (bicyclic) bond motifs is 1. The van der Waals surface area contributed by atoms with Crippen LogP contribution >= 0.6 is 23.2 Å². The Bertz CT molecular complexity index is 716. The van der Waals surface area contributed by atoms with Crippen molar-refractivity contribution in [1.29, 1.82) is 0 Å². The maximum atomic E-state index is 12.6. The molecule has 7 heteroatoms. The molecule has 0 bridgehead atoms. The lowest BCUT2D eigenvalue weighted by molar-refractivity contribution is -0.138. The van der Waals surface area contributed by atoms with Crippen LogP contribution in [0.5, 0.6) is 0 Å². The van der Waals surface area contributed by atoms with Crippen molar-refractivity contribution in [3.8, 4) is 0 Å². The van der Waals surface area contributed by atoms with E-state index in [1.807, 2.05) is 0 Å². The zero-order chi connectivity index (χ0) is 16.7. The summed E-state index contributed by atoms with van der Waals surface area (Å²) in [7, 11) is 0. The normalized spacial score (nSPS) is 19.9. The molecular formula is C16H13Cl2NO4. The van der Waals surface area contributed by atoms with Crippen molar-refractivity contribution in [3.05, 3.63) is 45.0 Å². The SMILES string of the molecule is CCOC(=O)C1=CCCC1N1C(=O)c2cc(Cl)c(Cl)cc2C1=O. The first kappa shape index (κ1) is 16.0. The lowest BCUT2D eigenvalue weighted by Crippen LogP contribution is -2.41. The molecule has 1 unspecified atom stereocenters. The van der Waals surface area contributed by atoms with Gasteiger partial charge in [0.2, 0.25) is 0 Å². The quantitative estimate of drug-likeness (QED) is 0.618. The molecule has 1 aromatic carbocycles. The highest BCUT2D eigenvalue weighted by molar-refractivity contribution is 6.43. The number of nitrogens with zero attached hydrogens (tertiary/aromatic N) is 1. The van der Waals surface area contributed by atoms with Crippen molar-refractivity contribution in [2.24, 2.45) is 0 Å². The number of carbonyl (C=O) groups is 3. The van der Waals surface area contributed by atoms with Crippen LogP contribution in [0.15, 0.2) is 23.8 Å². The molecule has 2 aliphatic rings. The number of benzene rings is 1. The Morgan fingerprint density at radius 1 is 1.22 bits per heavy atom. The molecule has 0 radical (unpaired) electrons. The van der Waals surface area contributed by atoms with E-state index in [-0.39, 0.29) is 27.8 Å². The number of hydrogen-bond acceptors (Lipinski definition) is 4. The van der Waals surface area contributed by atoms with Crippen LogP contribution in [0.1, 0.15) is 40.5 Å². The summed E-state index contributed by atoms with van der Waals surface area (Å²) in [6.45, 7) is 1.94. The number of amides is 2. The third-order valence-corrected chi connectivity index (χ3v) is 4.67. The van der Waals surface area contributed by atoms with E-state index in [1.54, 1.807) is 13.0 Å². The molecule has 23 heavy (non-hydrogen) atoms. The van der Waals surface area contributed by atoms with Gasteiger partial charge >= 0.3 is 5.97 Å². The molecule has 1 aliphatic heterocycles. The first-order valence-corrected chi connectivity index (χ1v) is 7.95. The predicted molar refractivity (Wildman–Crippen MR) is 84.7 cm³/mol. The summed E-state index contributed by atoms with van der Waals surface area (Å²) >= 11 is 11.9. The fourth-order valence-corrected chi connectivity index (χ4v) is 3.25. The number of imide groups is 1. The lowest BCUT2D eigenvalue weighted by atomic mass is 10.1. The number of esters is 1. The van der Waals surface area contributed by atoms with Crippen molar-refractivity contribution in [3.63, 3.8) is 0 Å². The summed E-state index contributed by atoms with van der Waals surface area (Å²) in [5.74, 6) is -1.43. The van der Waals surface area contributed by atoms with Crippen molar-refractivity contribution in [2.45, 2.75) is 25.8 Å². The fraction of sp³-hybridized carbons (Fsp3) is 0.312. The Labute approximate surface area is 142 Å². The average molecular weight is 354 g/mol. The maximum absolute atomic E-state index is 12.6. The monoisotopic (exact) mass is 353 g/mol. The van der Waals surface area contributed by atoms with Gasteiger partial charge in [0, 0.05) is 0 Å². The highest BCUT2D eigenvalue weighted by atomic mass is 35.5. The van der Waals surface area contributed by atoms with Crippen molar-refractivity contribution in [2.75, 3.05) is 6.61 Å². The zero-order valence-corrected chi connectivity index (χ0v) is 13.8. The molecule has 3 rings (SSSR count). The molecule has 1 atom stereocenters. The molecular weight excluding hydrogens is 341 g/mol. The minimum atomic E-state index is -0.612. The second-order valence-corrected chi connectivity index (χ2v) is 6.08. The smallest absolute Gasteiger partial charge is 0.335 e. The van der Waals surface area contributed by atoms with Gasteiger partial charge in [0.25, 0.3) is 11.8 Å². The second-order valence-electron chi connectivity index (χ2n) is 5.27. The molecule has 0 aromatic heterocycles.